The molecule has 0 aliphatic heterocycles. The molecule has 0 unspecified atom stereocenters. The van der Waals surface area contributed by atoms with Crippen molar-refractivity contribution < 1.29 is 13.6 Å². The van der Waals surface area contributed by atoms with E-state index in [1.54, 1.807) is 44.2 Å². The topological polar surface area (TPSA) is 60.1 Å². The zero-order valence-corrected chi connectivity index (χ0v) is 14.1. The average molecular weight is 358 g/mol. The van der Waals surface area contributed by atoms with E-state index < -0.39 is 29.4 Å². The summed E-state index contributed by atoms with van der Waals surface area (Å²) >= 11 is 0. The predicted octanol–water partition coefficient (Wildman–Crippen LogP) is 3.20. The van der Waals surface area contributed by atoms with Crippen LogP contribution in [0.2, 0.25) is 0 Å². The van der Waals surface area contributed by atoms with Crippen LogP contribution < -0.4 is 10.6 Å². The van der Waals surface area contributed by atoms with E-state index in [0.717, 1.165) is 32.6 Å². The molecule has 0 aliphatic carbocycles. The third kappa shape index (κ3) is 3.13. The molecule has 2 aromatic carbocycles. The second-order valence-electron chi connectivity index (χ2n) is 5.87. The molecule has 6 nitrogen and oxygen atoms in total. The Labute approximate surface area is 147 Å². The van der Waals surface area contributed by atoms with Crippen LogP contribution >= 0.6 is 0 Å². The first-order chi connectivity index (χ1) is 12.4. The summed E-state index contributed by atoms with van der Waals surface area (Å²) in [6.07, 6.45) is 1.08. The van der Waals surface area contributed by atoms with E-state index >= 15 is 0 Å². The zero-order chi connectivity index (χ0) is 18.8. The molecule has 1 aromatic heterocycles. The molecule has 134 valence electrons. The maximum Gasteiger partial charge on any atom is 0.358 e. The Balaban J connectivity index is 2.04. The van der Waals surface area contributed by atoms with Crippen LogP contribution in [0.25, 0.3) is 5.69 Å². The molecule has 26 heavy (non-hydrogen) atoms. The summed E-state index contributed by atoms with van der Waals surface area (Å²) < 4.78 is 29.2. The number of nitrogens with zero attached hydrogens (tertiary/aromatic N) is 4. The Morgan fingerprint density at radius 3 is 2.42 bits per heavy atom. The number of hydrogen-bond donors (Lipinski definition) is 0. The number of anilines is 1. The molecule has 0 spiro atoms. The SMILES string of the molecule is CC(C)N(C(=O)n1cnn(-c2ccccc2)c1=O)c1ccc(F)cc1F. The lowest BCUT2D eigenvalue weighted by atomic mass is 10.2. The summed E-state index contributed by atoms with van der Waals surface area (Å²) in [4.78, 5) is 26.5. The highest BCUT2D eigenvalue weighted by molar-refractivity contribution is 5.94. The summed E-state index contributed by atoms with van der Waals surface area (Å²) in [6.45, 7) is 3.32. The summed E-state index contributed by atoms with van der Waals surface area (Å²) in [7, 11) is 0. The Kier molecular flexibility index (Phi) is 4.66. The average Bonchev–Trinajstić information content (AvgIpc) is 2.99. The lowest BCUT2D eigenvalue weighted by Gasteiger charge is -2.26. The van der Waals surface area contributed by atoms with E-state index in [1.807, 2.05) is 0 Å². The van der Waals surface area contributed by atoms with Crippen molar-refractivity contribution in [1.29, 1.82) is 0 Å². The van der Waals surface area contributed by atoms with Crippen molar-refractivity contribution >= 4 is 11.7 Å². The number of amides is 1. The maximum absolute atomic E-state index is 14.2. The smallest absolute Gasteiger partial charge is 0.288 e. The van der Waals surface area contributed by atoms with E-state index in [0.29, 0.717) is 11.8 Å². The van der Waals surface area contributed by atoms with Crippen LogP contribution in [-0.2, 0) is 0 Å². The van der Waals surface area contributed by atoms with Crippen molar-refractivity contribution in [1.82, 2.24) is 14.3 Å². The van der Waals surface area contributed by atoms with Crippen LogP contribution in [0.3, 0.4) is 0 Å². The lowest BCUT2D eigenvalue weighted by molar-refractivity contribution is 0.245. The number of halogens is 2. The molecule has 0 saturated heterocycles. The van der Waals surface area contributed by atoms with E-state index in [9.17, 15) is 18.4 Å². The van der Waals surface area contributed by atoms with E-state index in [4.69, 9.17) is 0 Å². The summed E-state index contributed by atoms with van der Waals surface area (Å²) in [6, 6.07) is 10.2. The van der Waals surface area contributed by atoms with Gasteiger partial charge in [-0.15, -0.1) is 0 Å². The van der Waals surface area contributed by atoms with Gasteiger partial charge in [-0.2, -0.15) is 14.3 Å². The van der Waals surface area contributed by atoms with Crippen LogP contribution in [-0.4, -0.2) is 26.4 Å². The van der Waals surface area contributed by atoms with Gasteiger partial charge in [0, 0.05) is 12.1 Å². The Morgan fingerprint density at radius 1 is 1.12 bits per heavy atom. The molecule has 0 saturated carbocycles. The van der Waals surface area contributed by atoms with Gasteiger partial charge in [0.05, 0.1) is 11.4 Å². The monoisotopic (exact) mass is 358 g/mol. The fourth-order valence-electron chi connectivity index (χ4n) is 2.58. The van der Waals surface area contributed by atoms with E-state index in [-0.39, 0.29) is 5.69 Å². The molecule has 8 heteroatoms. The highest BCUT2D eigenvalue weighted by atomic mass is 19.1. The molecule has 0 N–H and O–H groups in total. The second kappa shape index (κ2) is 6.91. The minimum atomic E-state index is -0.893. The van der Waals surface area contributed by atoms with Gasteiger partial charge in [-0.1, -0.05) is 18.2 Å². The minimum Gasteiger partial charge on any atom is -0.288 e. The molecule has 3 rings (SSSR count). The number of para-hydroxylation sites is 1. The van der Waals surface area contributed by atoms with Crippen LogP contribution in [0, 0.1) is 11.6 Å². The van der Waals surface area contributed by atoms with E-state index in [2.05, 4.69) is 5.10 Å². The first kappa shape index (κ1) is 17.5. The summed E-state index contributed by atoms with van der Waals surface area (Å²) in [5.74, 6) is -1.65. The maximum atomic E-state index is 14.2. The van der Waals surface area contributed by atoms with Gasteiger partial charge >= 0.3 is 11.7 Å². The number of rotatable bonds is 3. The third-order valence-electron chi connectivity index (χ3n) is 3.77. The van der Waals surface area contributed by atoms with Gasteiger partial charge in [0.1, 0.15) is 18.0 Å². The molecule has 0 bridgehead atoms. The predicted molar refractivity (Wildman–Crippen MR) is 92.6 cm³/mol. The fraction of sp³-hybridized carbons (Fsp3) is 0.167. The number of hydrogen-bond acceptors (Lipinski definition) is 3. The van der Waals surface area contributed by atoms with Crippen molar-refractivity contribution in [3.8, 4) is 5.69 Å². The van der Waals surface area contributed by atoms with Gasteiger partial charge < -0.3 is 0 Å². The molecular weight excluding hydrogens is 342 g/mol. The van der Waals surface area contributed by atoms with Crippen LogP contribution in [0.1, 0.15) is 13.8 Å². The minimum absolute atomic E-state index is 0.120. The van der Waals surface area contributed by atoms with Gasteiger partial charge in [0.25, 0.3) is 0 Å². The molecule has 1 heterocycles. The van der Waals surface area contributed by atoms with Gasteiger partial charge in [-0.05, 0) is 38.1 Å². The Morgan fingerprint density at radius 2 is 1.81 bits per heavy atom. The molecule has 0 aliphatic rings. The van der Waals surface area contributed by atoms with E-state index in [1.165, 1.54) is 0 Å². The number of aromatic nitrogens is 3. The number of carbonyl (C=O) groups is 1. The van der Waals surface area contributed by atoms with Crippen molar-refractivity contribution in [2.24, 2.45) is 0 Å². The van der Waals surface area contributed by atoms with Crippen LogP contribution in [0.15, 0.2) is 59.7 Å². The quantitative estimate of drug-likeness (QED) is 0.722. The first-order valence-electron chi connectivity index (χ1n) is 7.91. The Bertz CT molecular complexity index is 996. The van der Waals surface area contributed by atoms with Crippen molar-refractivity contribution in [2.45, 2.75) is 19.9 Å². The summed E-state index contributed by atoms with van der Waals surface area (Å²) in [5.41, 5.74) is -0.312. The van der Waals surface area contributed by atoms with Crippen molar-refractivity contribution in [3.05, 3.63) is 77.0 Å². The zero-order valence-electron chi connectivity index (χ0n) is 14.1. The molecular formula is C18H16F2N4O2. The standard InChI is InChI=1S/C18H16F2N4O2/c1-12(2)23(16-9-8-13(19)10-15(16)20)17(25)22-11-21-24(18(22)26)14-6-4-3-5-7-14/h3-12H,1-2H3. The molecule has 1 amide bonds. The van der Waals surface area contributed by atoms with Gasteiger partial charge in [-0.25, -0.2) is 18.4 Å². The second-order valence-corrected chi connectivity index (χ2v) is 5.87. The van der Waals surface area contributed by atoms with Crippen LogP contribution in [0.5, 0.6) is 0 Å². The molecule has 0 atom stereocenters. The normalized spacial score (nSPS) is 11.0. The third-order valence-corrected chi connectivity index (χ3v) is 3.77. The highest BCUT2D eigenvalue weighted by Gasteiger charge is 2.26. The molecule has 3 aromatic rings. The molecule has 0 radical (unpaired) electrons. The number of benzene rings is 2. The first-order valence-corrected chi connectivity index (χ1v) is 7.91. The van der Waals surface area contributed by atoms with Crippen molar-refractivity contribution in [3.63, 3.8) is 0 Å². The van der Waals surface area contributed by atoms with Crippen LogP contribution in [0.4, 0.5) is 19.3 Å². The lowest BCUT2D eigenvalue weighted by Crippen LogP contribution is -2.44. The summed E-state index contributed by atoms with van der Waals surface area (Å²) in [5, 5.41) is 3.94. The Hall–Kier alpha value is -3.29. The molecule has 0 fully saturated rings. The van der Waals surface area contributed by atoms with Gasteiger partial charge in [-0.3, -0.25) is 4.90 Å². The highest BCUT2D eigenvalue weighted by Crippen LogP contribution is 2.23. The van der Waals surface area contributed by atoms with Crippen molar-refractivity contribution in [2.75, 3.05) is 4.90 Å². The largest absolute Gasteiger partial charge is 0.358 e. The fourth-order valence-corrected chi connectivity index (χ4v) is 2.58. The van der Waals surface area contributed by atoms with Gasteiger partial charge in [0.2, 0.25) is 0 Å². The van der Waals surface area contributed by atoms with Gasteiger partial charge in [0.15, 0.2) is 0 Å². The number of carbonyl (C=O) groups excluding carboxylic acids is 1.